The third kappa shape index (κ3) is 7.46. The van der Waals surface area contributed by atoms with Crippen molar-refractivity contribution in [2.75, 3.05) is 6.67 Å². The average molecular weight is 199 g/mol. The second kappa shape index (κ2) is 9.89. The van der Waals surface area contributed by atoms with Crippen molar-refractivity contribution in [3.8, 4) is 0 Å². The summed E-state index contributed by atoms with van der Waals surface area (Å²) in [5, 5.41) is 7.13. The molecule has 0 radical (unpaired) electrons. The zero-order chi connectivity index (χ0) is 10.6. The van der Waals surface area contributed by atoms with E-state index in [1.165, 1.54) is 6.08 Å². The number of hydrogen-bond donors (Lipinski definition) is 1. The van der Waals surface area contributed by atoms with E-state index in [0.717, 1.165) is 19.3 Å². The minimum absolute atomic E-state index is 0.0720. The van der Waals surface area contributed by atoms with Crippen molar-refractivity contribution in [3.63, 3.8) is 0 Å². The van der Waals surface area contributed by atoms with E-state index in [2.05, 4.69) is 16.9 Å². The zero-order valence-corrected chi connectivity index (χ0v) is 8.40. The van der Waals surface area contributed by atoms with Crippen LogP contribution in [0.15, 0.2) is 35.1 Å². The Morgan fingerprint density at radius 1 is 1.43 bits per heavy atom. The van der Waals surface area contributed by atoms with Crippen LogP contribution in [-0.4, -0.2) is 12.7 Å². The first kappa shape index (κ1) is 12.8. The van der Waals surface area contributed by atoms with Gasteiger partial charge in [0.1, 0.15) is 6.67 Å². The lowest BCUT2D eigenvalue weighted by Gasteiger charge is -2.06. The molecule has 0 aromatic carbocycles. The normalized spacial score (nSPS) is 13.8. The van der Waals surface area contributed by atoms with Crippen LogP contribution in [0.25, 0.3) is 0 Å². The second-order valence-corrected chi connectivity index (χ2v) is 2.97. The summed E-state index contributed by atoms with van der Waals surface area (Å²) in [7, 11) is 0. The number of nitrogens with zero attached hydrogens (tertiary/aromatic N) is 2. The maximum absolute atomic E-state index is 11.8. The monoisotopic (exact) mass is 199 g/mol. The molecule has 4 heteroatoms. The summed E-state index contributed by atoms with van der Waals surface area (Å²) in [6.07, 6.45) is 8.69. The third-order valence-electron chi connectivity index (χ3n) is 1.84. The van der Waals surface area contributed by atoms with Crippen LogP contribution in [0.5, 0.6) is 0 Å². The average Bonchev–Trinajstić information content (AvgIpc) is 2.18. The molecule has 2 N–H and O–H groups in total. The molecule has 0 saturated heterocycles. The molecule has 0 aromatic heterocycles. The standard InChI is InChI=1S/C10H18FN3/c1-2-3-4-7-10(13-14-12)8-5-6-9-11/h2,5-6,10H,1,3-4,7-9H2,(H2,12,13)/b6-5-. The summed E-state index contributed by atoms with van der Waals surface area (Å²) >= 11 is 0. The van der Waals surface area contributed by atoms with Crippen LogP contribution in [0, 0.1) is 0 Å². The van der Waals surface area contributed by atoms with E-state index in [1.807, 2.05) is 6.08 Å². The highest BCUT2D eigenvalue weighted by Gasteiger charge is 2.03. The van der Waals surface area contributed by atoms with Gasteiger partial charge in [-0.3, -0.25) is 0 Å². The molecule has 0 aliphatic heterocycles. The number of nitrogens with two attached hydrogens (primary N) is 1. The molecule has 14 heavy (non-hydrogen) atoms. The molecule has 1 unspecified atom stereocenters. The van der Waals surface area contributed by atoms with Gasteiger partial charge in [-0.2, -0.15) is 5.11 Å². The Morgan fingerprint density at radius 3 is 2.79 bits per heavy atom. The number of allylic oxidation sites excluding steroid dienone is 2. The number of halogens is 1. The highest BCUT2D eigenvalue weighted by Crippen LogP contribution is 2.10. The lowest BCUT2D eigenvalue weighted by atomic mass is 10.1. The Balaban J connectivity index is 3.76. The quantitative estimate of drug-likeness (QED) is 0.211. The molecule has 0 saturated carbocycles. The van der Waals surface area contributed by atoms with Gasteiger partial charge in [0.15, 0.2) is 0 Å². The van der Waals surface area contributed by atoms with E-state index in [4.69, 9.17) is 5.84 Å². The Kier molecular flexibility index (Phi) is 9.05. The molecule has 0 rings (SSSR count). The van der Waals surface area contributed by atoms with Crippen molar-refractivity contribution < 1.29 is 4.39 Å². The molecule has 0 bridgehead atoms. The molecule has 0 amide bonds. The first-order valence-electron chi connectivity index (χ1n) is 4.77. The molecular weight excluding hydrogens is 181 g/mol. The van der Waals surface area contributed by atoms with E-state index in [9.17, 15) is 4.39 Å². The minimum Gasteiger partial charge on any atom is -0.305 e. The van der Waals surface area contributed by atoms with E-state index in [0.29, 0.717) is 6.42 Å². The van der Waals surface area contributed by atoms with Gasteiger partial charge in [-0.1, -0.05) is 23.5 Å². The molecular formula is C10H18FN3. The lowest BCUT2D eigenvalue weighted by molar-refractivity contribution is 0.550. The molecule has 0 aliphatic rings. The summed E-state index contributed by atoms with van der Waals surface area (Å²) in [5.41, 5.74) is 0. The van der Waals surface area contributed by atoms with Gasteiger partial charge in [-0.05, 0) is 25.7 Å². The zero-order valence-electron chi connectivity index (χ0n) is 8.40. The SMILES string of the molecule is C=CCCCC(C/C=C\CF)/N=N\N. The molecule has 0 spiro atoms. The van der Waals surface area contributed by atoms with Gasteiger partial charge in [-0.25, -0.2) is 4.39 Å². The second-order valence-electron chi connectivity index (χ2n) is 2.97. The fourth-order valence-corrected chi connectivity index (χ4v) is 1.13. The number of rotatable bonds is 8. The Bertz CT molecular complexity index is 190. The Labute approximate surface area is 84.6 Å². The number of unbranched alkanes of at least 4 members (excludes halogenated alkanes) is 1. The highest BCUT2D eigenvalue weighted by molar-refractivity contribution is 4.86. The molecule has 0 aliphatic carbocycles. The van der Waals surface area contributed by atoms with Crippen LogP contribution in [0.2, 0.25) is 0 Å². The fraction of sp³-hybridized carbons (Fsp3) is 0.600. The van der Waals surface area contributed by atoms with E-state index < -0.39 is 6.67 Å². The van der Waals surface area contributed by atoms with Crippen LogP contribution < -0.4 is 5.84 Å². The molecule has 0 aromatic rings. The highest BCUT2D eigenvalue weighted by atomic mass is 19.1. The van der Waals surface area contributed by atoms with Gasteiger partial charge in [-0.15, -0.1) is 6.58 Å². The lowest BCUT2D eigenvalue weighted by Crippen LogP contribution is -2.03. The van der Waals surface area contributed by atoms with E-state index in [-0.39, 0.29) is 6.04 Å². The summed E-state index contributed by atoms with van der Waals surface area (Å²) in [6.45, 7) is 3.21. The maximum atomic E-state index is 11.8. The topological polar surface area (TPSA) is 50.7 Å². The third-order valence-corrected chi connectivity index (χ3v) is 1.84. The van der Waals surface area contributed by atoms with Crippen molar-refractivity contribution in [1.29, 1.82) is 0 Å². The van der Waals surface area contributed by atoms with Crippen LogP contribution in [0.4, 0.5) is 4.39 Å². The predicted molar refractivity (Wildman–Crippen MR) is 56.6 cm³/mol. The largest absolute Gasteiger partial charge is 0.305 e. The van der Waals surface area contributed by atoms with Crippen molar-refractivity contribution in [2.45, 2.75) is 31.7 Å². The van der Waals surface area contributed by atoms with Crippen molar-refractivity contribution in [1.82, 2.24) is 0 Å². The number of hydrogen-bond acceptors (Lipinski definition) is 2. The van der Waals surface area contributed by atoms with Gasteiger partial charge in [0.25, 0.3) is 0 Å². The van der Waals surface area contributed by atoms with Crippen LogP contribution in [0.1, 0.15) is 25.7 Å². The van der Waals surface area contributed by atoms with Crippen LogP contribution >= 0.6 is 0 Å². The maximum Gasteiger partial charge on any atom is 0.108 e. The summed E-state index contributed by atoms with van der Waals surface area (Å²) in [4.78, 5) is 0. The van der Waals surface area contributed by atoms with Gasteiger partial charge in [0.05, 0.1) is 6.04 Å². The van der Waals surface area contributed by atoms with E-state index in [1.54, 1.807) is 6.08 Å². The molecule has 1 atom stereocenters. The van der Waals surface area contributed by atoms with Crippen LogP contribution in [0.3, 0.4) is 0 Å². The van der Waals surface area contributed by atoms with Gasteiger partial charge >= 0.3 is 0 Å². The Hall–Kier alpha value is -1.19. The first-order chi connectivity index (χ1) is 6.85. The fourth-order valence-electron chi connectivity index (χ4n) is 1.13. The van der Waals surface area contributed by atoms with Crippen molar-refractivity contribution in [2.24, 2.45) is 16.2 Å². The smallest absolute Gasteiger partial charge is 0.108 e. The summed E-state index contributed by atoms with van der Waals surface area (Å²) in [6, 6.07) is 0.0720. The Morgan fingerprint density at radius 2 is 2.21 bits per heavy atom. The summed E-state index contributed by atoms with van der Waals surface area (Å²) in [5.74, 6) is 4.98. The van der Waals surface area contributed by atoms with Gasteiger partial charge in [0, 0.05) is 0 Å². The summed E-state index contributed by atoms with van der Waals surface area (Å²) < 4.78 is 11.8. The van der Waals surface area contributed by atoms with E-state index >= 15 is 0 Å². The molecule has 80 valence electrons. The van der Waals surface area contributed by atoms with Crippen molar-refractivity contribution >= 4 is 0 Å². The molecule has 0 fully saturated rings. The van der Waals surface area contributed by atoms with Gasteiger partial charge < -0.3 is 5.84 Å². The molecule has 0 heterocycles. The first-order valence-corrected chi connectivity index (χ1v) is 4.77. The minimum atomic E-state index is -0.431. The molecule has 3 nitrogen and oxygen atoms in total. The van der Waals surface area contributed by atoms with Gasteiger partial charge in [0.2, 0.25) is 0 Å². The van der Waals surface area contributed by atoms with Crippen molar-refractivity contribution in [3.05, 3.63) is 24.8 Å². The number of alkyl halides is 1. The van der Waals surface area contributed by atoms with Crippen LogP contribution in [-0.2, 0) is 0 Å². The predicted octanol–water partition coefficient (Wildman–Crippen LogP) is 2.95.